The summed E-state index contributed by atoms with van der Waals surface area (Å²) in [7, 11) is 0. The summed E-state index contributed by atoms with van der Waals surface area (Å²) in [6, 6.07) is 6.18. The number of nitrogens with zero attached hydrogens (tertiary/aromatic N) is 1. The maximum atomic E-state index is 12.0. The normalized spacial score (nSPS) is 11.1. The van der Waals surface area contributed by atoms with Crippen LogP contribution in [0.25, 0.3) is 0 Å². The van der Waals surface area contributed by atoms with Crippen molar-refractivity contribution < 1.29 is 13.5 Å². The minimum absolute atomic E-state index is 0.104. The first-order chi connectivity index (χ1) is 9.52. The lowest BCUT2D eigenvalue weighted by Gasteiger charge is -2.07. The van der Waals surface area contributed by atoms with Gasteiger partial charge in [-0.05, 0) is 49.0 Å². The Morgan fingerprint density at radius 1 is 1.45 bits per heavy atom. The van der Waals surface area contributed by atoms with Crippen molar-refractivity contribution in [3.05, 3.63) is 42.5 Å². The SMILES string of the molecule is C=CCNC(=S)N/N=C(/C)c1ccc(OC(F)F)cc1. The third-order valence-corrected chi connectivity index (χ3v) is 2.46. The van der Waals surface area contributed by atoms with Crippen LogP contribution in [0.15, 0.2) is 42.0 Å². The highest BCUT2D eigenvalue weighted by Crippen LogP contribution is 2.15. The van der Waals surface area contributed by atoms with Gasteiger partial charge in [-0.3, -0.25) is 5.43 Å². The molecule has 1 aromatic carbocycles. The number of hydrogen-bond donors (Lipinski definition) is 2. The first-order valence-electron chi connectivity index (χ1n) is 5.77. The zero-order chi connectivity index (χ0) is 15.0. The average Bonchev–Trinajstić information content (AvgIpc) is 2.42. The molecule has 0 aromatic heterocycles. The molecule has 0 aliphatic rings. The number of benzene rings is 1. The van der Waals surface area contributed by atoms with E-state index in [0.717, 1.165) is 5.56 Å². The van der Waals surface area contributed by atoms with Gasteiger partial charge in [0, 0.05) is 6.54 Å². The molecule has 4 nitrogen and oxygen atoms in total. The highest BCUT2D eigenvalue weighted by Gasteiger charge is 2.04. The average molecular weight is 299 g/mol. The third kappa shape index (κ3) is 5.75. The van der Waals surface area contributed by atoms with Crippen LogP contribution in [0.2, 0.25) is 0 Å². The van der Waals surface area contributed by atoms with Crippen LogP contribution in [-0.2, 0) is 0 Å². The van der Waals surface area contributed by atoms with Crippen LogP contribution < -0.4 is 15.5 Å². The second-order valence-corrected chi connectivity index (χ2v) is 4.12. The summed E-state index contributed by atoms with van der Waals surface area (Å²) in [6.07, 6.45) is 1.67. The zero-order valence-corrected chi connectivity index (χ0v) is 11.7. The molecule has 20 heavy (non-hydrogen) atoms. The lowest BCUT2D eigenvalue weighted by molar-refractivity contribution is -0.0498. The van der Waals surface area contributed by atoms with Crippen molar-refractivity contribution in [2.45, 2.75) is 13.5 Å². The Morgan fingerprint density at radius 2 is 2.10 bits per heavy atom. The molecule has 0 aliphatic carbocycles. The van der Waals surface area contributed by atoms with Crippen molar-refractivity contribution in [3.8, 4) is 5.75 Å². The smallest absolute Gasteiger partial charge is 0.387 e. The Bertz CT molecular complexity index is 489. The number of hydrazone groups is 1. The predicted molar refractivity (Wildman–Crippen MR) is 79.2 cm³/mol. The molecule has 0 radical (unpaired) electrons. The molecule has 0 atom stereocenters. The van der Waals surface area contributed by atoms with Crippen molar-refractivity contribution in [2.24, 2.45) is 5.10 Å². The number of thiocarbonyl (C=S) groups is 1. The molecule has 1 aromatic rings. The highest BCUT2D eigenvalue weighted by molar-refractivity contribution is 7.80. The molecule has 0 heterocycles. The van der Waals surface area contributed by atoms with E-state index in [1.54, 1.807) is 25.1 Å². The van der Waals surface area contributed by atoms with Crippen molar-refractivity contribution in [1.82, 2.24) is 10.7 Å². The fourth-order valence-electron chi connectivity index (χ4n) is 1.28. The molecule has 108 valence electrons. The molecule has 0 unspecified atom stereocenters. The van der Waals surface area contributed by atoms with Gasteiger partial charge < -0.3 is 10.1 Å². The summed E-state index contributed by atoms with van der Waals surface area (Å²) in [5.74, 6) is 0.104. The summed E-state index contributed by atoms with van der Waals surface area (Å²) in [5.41, 5.74) is 4.10. The van der Waals surface area contributed by atoms with Crippen LogP contribution in [0.4, 0.5) is 8.78 Å². The van der Waals surface area contributed by atoms with Gasteiger partial charge in [-0.15, -0.1) is 6.58 Å². The lowest BCUT2D eigenvalue weighted by atomic mass is 10.1. The van der Waals surface area contributed by atoms with E-state index in [1.165, 1.54) is 12.1 Å². The Kier molecular flexibility index (Phi) is 6.58. The Morgan fingerprint density at radius 3 is 2.65 bits per heavy atom. The molecular weight excluding hydrogens is 284 g/mol. The van der Waals surface area contributed by atoms with Crippen LogP contribution in [0.3, 0.4) is 0 Å². The second-order valence-electron chi connectivity index (χ2n) is 3.71. The summed E-state index contributed by atoms with van der Waals surface area (Å²) in [6.45, 7) is 3.04. The van der Waals surface area contributed by atoms with E-state index in [-0.39, 0.29) is 5.75 Å². The maximum Gasteiger partial charge on any atom is 0.387 e. The number of nitrogens with one attached hydrogen (secondary N) is 2. The first kappa shape index (κ1) is 16.0. The van der Waals surface area contributed by atoms with Crippen molar-refractivity contribution in [1.29, 1.82) is 0 Å². The predicted octanol–water partition coefficient (Wildman–Crippen LogP) is 2.66. The molecule has 0 amide bonds. The van der Waals surface area contributed by atoms with E-state index in [9.17, 15) is 8.78 Å². The van der Waals surface area contributed by atoms with Crippen LogP contribution >= 0.6 is 12.2 Å². The minimum atomic E-state index is -2.83. The van der Waals surface area contributed by atoms with Crippen molar-refractivity contribution in [3.63, 3.8) is 0 Å². The minimum Gasteiger partial charge on any atom is -0.435 e. The molecule has 0 aliphatic heterocycles. The van der Waals surface area contributed by atoms with Gasteiger partial charge in [0.15, 0.2) is 5.11 Å². The molecule has 0 saturated heterocycles. The number of halogens is 2. The monoisotopic (exact) mass is 299 g/mol. The maximum absolute atomic E-state index is 12.0. The molecule has 2 N–H and O–H groups in total. The second kappa shape index (κ2) is 8.21. The largest absolute Gasteiger partial charge is 0.435 e. The molecule has 0 saturated carbocycles. The van der Waals surface area contributed by atoms with Crippen LogP contribution in [0.5, 0.6) is 5.75 Å². The van der Waals surface area contributed by atoms with E-state index in [4.69, 9.17) is 12.2 Å². The van der Waals surface area contributed by atoms with Gasteiger partial charge in [-0.2, -0.15) is 13.9 Å². The van der Waals surface area contributed by atoms with Gasteiger partial charge in [-0.25, -0.2) is 0 Å². The van der Waals surface area contributed by atoms with Crippen molar-refractivity contribution in [2.75, 3.05) is 6.54 Å². The van der Waals surface area contributed by atoms with Crippen LogP contribution in [0, 0.1) is 0 Å². The zero-order valence-electron chi connectivity index (χ0n) is 10.9. The molecular formula is C13H15F2N3OS. The molecule has 1 rings (SSSR count). The lowest BCUT2D eigenvalue weighted by Crippen LogP contribution is -2.32. The van der Waals surface area contributed by atoms with Gasteiger partial charge in [0.1, 0.15) is 5.75 Å². The van der Waals surface area contributed by atoms with Gasteiger partial charge in [0.2, 0.25) is 0 Å². The van der Waals surface area contributed by atoms with E-state index < -0.39 is 6.61 Å². The fourth-order valence-corrected chi connectivity index (χ4v) is 1.41. The fraction of sp³-hybridized carbons (Fsp3) is 0.231. The van der Waals surface area contributed by atoms with Gasteiger partial charge >= 0.3 is 6.61 Å². The summed E-state index contributed by atoms with van der Waals surface area (Å²) < 4.78 is 28.3. The molecule has 0 spiro atoms. The Labute approximate surface area is 121 Å². The van der Waals surface area contributed by atoms with E-state index >= 15 is 0 Å². The van der Waals surface area contributed by atoms with Crippen LogP contribution in [0.1, 0.15) is 12.5 Å². The Balaban J connectivity index is 2.60. The number of rotatable bonds is 6. The topological polar surface area (TPSA) is 45.7 Å². The van der Waals surface area contributed by atoms with Gasteiger partial charge in [0.05, 0.1) is 5.71 Å². The van der Waals surface area contributed by atoms with Gasteiger partial charge in [-0.1, -0.05) is 6.08 Å². The molecule has 0 bridgehead atoms. The standard InChI is InChI=1S/C13H15F2N3OS/c1-3-8-16-13(20)18-17-9(2)10-4-6-11(7-5-10)19-12(14)15/h3-7,12H,1,8H2,2H3,(H2,16,18,20)/b17-9-. The quantitative estimate of drug-likeness (QED) is 0.367. The van der Waals surface area contributed by atoms with Crippen molar-refractivity contribution >= 4 is 23.0 Å². The number of hydrogen-bond acceptors (Lipinski definition) is 3. The summed E-state index contributed by atoms with van der Waals surface area (Å²) in [5, 5.41) is 7.32. The summed E-state index contributed by atoms with van der Waals surface area (Å²) >= 11 is 4.98. The van der Waals surface area contributed by atoms with Crippen LogP contribution in [-0.4, -0.2) is 24.0 Å². The number of ether oxygens (including phenoxy) is 1. The molecule has 7 heteroatoms. The number of alkyl halides is 2. The Hall–Kier alpha value is -2.02. The van der Waals surface area contributed by atoms with E-state index in [2.05, 4.69) is 27.2 Å². The third-order valence-electron chi connectivity index (χ3n) is 2.23. The van der Waals surface area contributed by atoms with E-state index in [1.807, 2.05) is 0 Å². The summed E-state index contributed by atoms with van der Waals surface area (Å²) in [4.78, 5) is 0. The van der Waals surface area contributed by atoms with Gasteiger partial charge in [0.25, 0.3) is 0 Å². The highest BCUT2D eigenvalue weighted by atomic mass is 32.1. The molecule has 0 fully saturated rings. The first-order valence-corrected chi connectivity index (χ1v) is 6.18. The van der Waals surface area contributed by atoms with E-state index in [0.29, 0.717) is 17.4 Å².